The van der Waals surface area contributed by atoms with Crippen LogP contribution in [0.15, 0.2) is 24.3 Å². The molecule has 0 saturated carbocycles. The predicted octanol–water partition coefficient (Wildman–Crippen LogP) is 0.300. The number of anilines is 1. The molecular weight excluding hydrogens is 292 g/mol. The van der Waals surface area contributed by atoms with Gasteiger partial charge in [-0.15, -0.1) is 0 Å². The van der Waals surface area contributed by atoms with Crippen LogP contribution in [0.3, 0.4) is 0 Å². The maximum Gasteiger partial charge on any atom is 0.313 e. The van der Waals surface area contributed by atoms with Crippen LogP contribution < -0.4 is 16.0 Å². The highest BCUT2D eigenvalue weighted by atomic mass is 35.5. The Bertz CT molecular complexity index is 504. The Morgan fingerprint density at radius 1 is 1.19 bits per heavy atom. The monoisotopic (exact) mass is 310 g/mol. The first-order chi connectivity index (χ1) is 10.2. The van der Waals surface area contributed by atoms with E-state index in [0.29, 0.717) is 17.3 Å². The molecule has 0 unspecified atom stereocenters. The number of carbonyl (C=O) groups is 2. The van der Waals surface area contributed by atoms with E-state index in [1.165, 1.54) is 0 Å². The molecular formula is C14H19ClN4O2. The van der Waals surface area contributed by atoms with Gasteiger partial charge in [-0.3, -0.25) is 14.5 Å². The van der Waals surface area contributed by atoms with E-state index in [4.69, 9.17) is 11.6 Å². The summed E-state index contributed by atoms with van der Waals surface area (Å²) >= 11 is 5.92. The van der Waals surface area contributed by atoms with Crippen LogP contribution in [0, 0.1) is 0 Å². The molecule has 1 aliphatic rings. The van der Waals surface area contributed by atoms with Gasteiger partial charge in [0.05, 0.1) is 10.7 Å². The first-order valence-electron chi connectivity index (χ1n) is 6.93. The predicted molar refractivity (Wildman–Crippen MR) is 82.4 cm³/mol. The van der Waals surface area contributed by atoms with Gasteiger partial charge >= 0.3 is 11.8 Å². The molecule has 2 rings (SSSR count). The number of nitrogens with zero attached hydrogens (tertiary/aromatic N) is 1. The lowest BCUT2D eigenvalue weighted by molar-refractivity contribution is -0.136. The molecule has 1 fully saturated rings. The van der Waals surface area contributed by atoms with Crippen molar-refractivity contribution >= 4 is 29.1 Å². The van der Waals surface area contributed by atoms with E-state index in [2.05, 4.69) is 20.9 Å². The Morgan fingerprint density at radius 2 is 1.90 bits per heavy atom. The van der Waals surface area contributed by atoms with Crippen LogP contribution in [-0.2, 0) is 9.59 Å². The number of rotatable bonds is 4. The van der Waals surface area contributed by atoms with Crippen molar-refractivity contribution in [3.63, 3.8) is 0 Å². The molecule has 0 atom stereocenters. The van der Waals surface area contributed by atoms with E-state index in [-0.39, 0.29) is 0 Å². The van der Waals surface area contributed by atoms with Crippen molar-refractivity contribution in [2.45, 2.75) is 0 Å². The van der Waals surface area contributed by atoms with Gasteiger partial charge in [-0.25, -0.2) is 0 Å². The van der Waals surface area contributed by atoms with E-state index < -0.39 is 11.8 Å². The SMILES string of the molecule is O=C(NCCN1CCNCC1)C(=O)Nc1ccccc1Cl. The molecule has 1 heterocycles. The molecule has 0 aliphatic carbocycles. The van der Waals surface area contributed by atoms with E-state index in [0.717, 1.165) is 32.7 Å². The van der Waals surface area contributed by atoms with Crippen LogP contribution in [0.2, 0.25) is 5.02 Å². The zero-order valence-corrected chi connectivity index (χ0v) is 12.4. The van der Waals surface area contributed by atoms with Crippen molar-refractivity contribution in [1.82, 2.24) is 15.5 Å². The van der Waals surface area contributed by atoms with Gasteiger partial charge in [0.1, 0.15) is 0 Å². The minimum atomic E-state index is -0.705. The fraction of sp³-hybridized carbons (Fsp3) is 0.429. The molecule has 6 nitrogen and oxygen atoms in total. The molecule has 2 amide bonds. The summed E-state index contributed by atoms with van der Waals surface area (Å²) in [5, 5.41) is 8.77. The zero-order chi connectivity index (χ0) is 15.1. The quantitative estimate of drug-likeness (QED) is 0.699. The molecule has 114 valence electrons. The molecule has 1 aliphatic heterocycles. The largest absolute Gasteiger partial charge is 0.347 e. The average Bonchev–Trinajstić information content (AvgIpc) is 2.50. The van der Waals surface area contributed by atoms with Gasteiger partial charge in [-0.05, 0) is 12.1 Å². The van der Waals surface area contributed by atoms with Crippen molar-refractivity contribution < 1.29 is 9.59 Å². The number of hydrogen-bond acceptors (Lipinski definition) is 4. The molecule has 0 aromatic heterocycles. The Hall–Kier alpha value is -1.63. The zero-order valence-electron chi connectivity index (χ0n) is 11.7. The first-order valence-corrected chi connectivity index (χ1v) is 7.31. The molecule has 1 saturated heterocycles. The van der Waals surface area contributed by atoms with Crippen molar-refractivity contribution in [3.8, 4) is 0 Å². The lowest BCUT2D eigenvalue weighted by Gasteiger charge is -2.26. The third-order valence-electron chi connectivity index (χ3n) is 3.25. The number of halogens is 1. The maximum atomic E-state index is 11.7. The number of benzene rings is 1. The molecule has 0 spiro atoms. The van der Waals surface area contributed by atoms with E-state index in [1.807, 2.05) is 0 Å². The summed E-state index contributed by atoms with van der Waals surface area (Å²) in [7, 11) is 0. The van der Waals surface area contributed by atoms with Crippen LogP contribution in [0.1, 0.15) is 0 Å². The second kappa shape index (κ2) is 7.97. The average molecular weight is 311 g/mol. The Balaban J connectivity index is 1.72. The lowest BCUT2D eigenvalue weighted by Crippen LogP contribution is -2.47. The number of nitrogens with one attached hydrogen (secondary N) is 3. The van der Waals surface area contributed by atoms with Crippen LogP contribution in [-0.4, -0.2) is 56.0 Å². The Labute approximate surface area is 128 Å². The Morgan fingerprint density at radius 3 is 2.62 bits per heavy atom. The van der Waals surface area contributed by atoms with E-state index >= 15 is 0 Å². The van der Waals surface area contributed by atoms with Gasteiger partial charge in [-0.2, -0.15) is 0 Å². The van der Waals surface area contributed by atoms with Gasteiger partial charge in [0, 0.05) is 39.3 Å². The minimum absolute atomic E-state index is 0.402. The van der Waals surface area contributed by atoms with Gasteiger partial charge in [0.2, 0.25) is 0 Å². The highest BCUT2D eigenvalue weighted by Gasteiger charge is 2.15. The first kappa shape index (κ1) is 15.8. The van der Waals surface area contributed by atoms with Gasteiger partial charge < -0.3 is 16.0 Å². The summed E-state index contributed by atoms with van der Waals surface area (Å²) < 4.78 is 0. The second-order valence-electron chi connectivity index (χ2n) is 4.78. The van der Waals surface area contributed by atoms with Crippen LogP contribution >= 0.6 is 11.6 Å². The maximum absolute atomic E-state index is 11.7. The highest BCUT2D eigenvalue weighted by molar-refractivity contribution is 6.41. The van der Waals surface area contributed by atoms with Gasteiger partial charge in [0.15, 0.2) is 0 Å². The summed E-state index contributed by atoms with van der Waals surface area (Å²) in [5.41, 5.74) is 0.432. The summed E-state index contributed by atoms with van der Waals surface area (Å²) in [6.45, 7) is 5.03. The molecule has 0 bridgehead atoms. The number of amides is 2. The summed E-state index contributed by atoms with van der Waals surface area (Å²) in [6.07, 6.45) is 0. The smallest absolute Gasteiger partial charge is 0.313 e. The molecule has 21 heavy (non-hydrogen) atoms. The normalized spacial score (nSPS) is 15.5. The Kier molecular flexibility index (Phi) is 5.98. The molecule has 3 N–H and O–H groups in total. The van der Waals surface area contributed by atoms with Gasteiger partial charge in [0.25, 0.3) is 0 Å². The van der Waals surface area contributed by atoms with Crippen LogP contribution in [0.4, 0.5) is 5.69 Å². The van der Waals surface area contributed by atoms with Crippen LogP contribution in [0.5, 0.6) is 0 Å². The number of carbonyl (C=O) groups excluding carboxylic acids is 2. The number of para-hydroxylation sites is 1. The van der Waals surface area contributed by atoms with Crippen molar-refractivity contribution in [2.75, 3.05) is 44.6 Å². The van der Waals surface area contributed by atoms with E-state index in [9.17, 15) is 9.59 Å². The number of hydrogen-bond donors (Lipinski definition) is 3. The summed E-state index contributed by atoms with van der Waals surface area (Å²) in [5.74, 6) is -1.35. The van der Waals surface area contributed by atoms with Crippen molar-refractivity contribution in [3.05, 3.63) is 29.3 Å². The fourth-order valence-corrected chi connectivity index (χ4v) is 2.27. The topological polar surface area (TPSA) is 73.5 Å². The highest BCUT2D eigenvalue weighted by Crippen LogP contribution is 2.19. The molecule has 0 radical (unpaired) electrons. The fourth-order valence-electron chi connectivity index (χ4n) is 2.08. The lowest BCUT2D eigenvalue weighted by atomic mass is 10.3. The molecule has 7 heteroatoms. The van der Waals surface area contributed by atoms with E-state index in [1.54, 1.807) is 24.3 Å². The van der Waals surface area contributed by atoms with Gasteiger partial charge in [-0.1, -0.05) is 23.7 Å². The standard InChI is InChI=1S/C14H19ClN4O2/c15-11-3-1-2-4-12(11)18-14(21)13(20)17-7-10-19-8-5-16-6-9-19/h1-4,16H,5-10H2,(H,17,20)(H,18,21). The van der Waals surface area contributed by atoms with Crippen LogP contribution in [0.25, 0.3) is 0 Å². The molecule has 1 aromatic rings. The minimum Gasteiger partial charge on any atom is -0.347 e. The van der Waals surface area contributed by atoms with Crippen molar-refractivity contribution in [2.24, 2.45) is 0 Å². The second-order valence-corrected chi connectivity index (χ2v) is 5.19. The summed E-state index contributed by atoms with van der Waals surface area (Å²) in [4.78, 5) is 25.7. The third kappa shape index (κ3) is 5.00. The molecule has 1 aromatic carbocycles. The third-order valence-corrected chi connectivity index (χ3v) is 3.58. The van der Waals surface area contributed by atoms with Crippen molar-refractivity contribution in [1.29, 1.82) is 0 Å². The number of piperazine rings is 1. The summed E-state index contributed by atoms with van der Waals surface area (Å²) in [6, 6.07) is 6.79.